The van der Waals surface area contributed by atoms with Gasteiger partial charge in [0.1, 0.15) is 5.78 Å². The lowest BCUT2D eigenvalue weighted by atomic mass is 9.72. The van der Waals surface area contributed by atoms with Crippen molar-refractivity contribution < 1.29 is 9.53 Å². The summed E-state index contributed by atoms with van der Waals surface area (Å²) in [5.74, 6) is 1.07. The number of Topliss-reactive ketones (excluding diaryl/α,β-unsaturated/α-hetero) is 1. The Morgan fingerprint density at radius 2 is 1.68 bits per heavy atom. The van der Waals surface area contributed by atoms with E-state index in [4.69, 9.17) is 4.74 Å². The van der Waals surface area contributed by atoms with Crippen LogP contribution in [0.2, 0.25) is 0 Å². The minimum atomic E-state index is -0.0973. The Morgan fingerprint density at radius 1 is 1.05 bits per heavy atom. The second-order valence-electron chi connectivity index (χ2n) is 6.85. The van der Waals surface area contributed by atoms with Crippen LogP contribution in [-0.2, 0) is 9.53 Å². The van der Waals surface area contributed by atoms with Crippen LogP contribution < -0.4 is 0 Å². The molecule has 0 amide bonds. The first kappa shape index (κ1) is 15.0. The van der Waals surface area contributed by atoms with Gasteiger partial charge in [-0.3, -0.25) is 4.79 Å². The Hall–Kier alpha value is -0.370. The van der Waals surface area contributed by atoms with Gasteiger partial charge in [0.15, 0.2) is 0 Å². The molecule has 0 aromatic heterocycles. The average Bonchev–Trinajstić information content (AvgIpc) is 2.73. The lowest BCUT2D eigenvalue weighted by Crippen LogP contribution is -2.32. The normalized spacial score (nSPS) is 38.3. The van der Waals surface area contributed by atoms with Gasteiger partial charge in [-0.25, -0.2) is 0 Å². The third-order valence-corrected chi connectivity index (χ3v) is 5.53. The van der Waals surface area contributed by atoms with E-state index in [1.165, 1.54) is 44.9 Å². The molecule has 19 heavy (non-hydrogen) atoms. The van der Waals surface area contributed by atoms with E-state index in [0.29, 0.717) is 17.8 Å². The Kier molecular flexibility index (Phi) is 5.44. The van der Waals surface area contributed by atoms with Crippen molar-refractivity contribution in [3.63, 3.8) is 0 Å². The maximum Gasteiger partial charge on any atom is 0.139 e. The Morgan fingerprint density at radius 3 is 2.37 bits per heavy atom. The van der Waals surface area contributed by atoms with Gasteiger partial charge in [0.25, 0.3) is 0 Å². The topological polar surface area (TPSA) is 26.3 Å². The van der Waals surface area contributed by atoms with Crippen LogP contribution in [-0.4, -0.2) is 19.0 Å². The zero-order valence-corrected chi connectivity index (χ0v) is 12.7. The molecule has 0 radical (unpaired) electrons. The standard InChI is InChI=1S/C17H30O2/c1-17-13-15(19-2)12-14(17)10-8-6-4-3-5-7-9-11-16(17)18/h14-15H,3-13H2,1-2H3/t14-,15?,17+/m1/s1. The molecule has 3 atom stereocenters. The van der Waals surface area contributed by atoms with Gasteiger partial charge in [-0.15, -0.1) is 0 Å². The van der Waals surface area contributed by atoms with Gasteiger partial charge in [0, 0.05) is 18.9 Å². The quantitative estimate of drug-likeness (QED) is 0.698. The highest BCUT2D eigenvalue weighted by Crippen LogP contribution is 2.48. The highest BCUT2D eigenvalue weighted by Gasteiger charge is 2.47. The van der Waals surface area contributed by atoms with Crippen molar-refractivity contribution in [2.24, 2.45) is 11.3 Å². The first-order valence-electron chi connectivity index (χ1n) is 8.23. The molecular formula is C17H30O2. The zero-order chi connectivity index (χ0) is 13.7. The minimum absolute atomic E-state index is 0.0973. The summed E-state index contributed by atoms with van der Waals surface area (Å²) in [6.45, 7) is 2.21. The van der Waals surface area contributed by atoms with E-state index in [9.17, 15) is 4.79 Å². The summed E-state index contributed by atoms with van der Waals surface area (Å²) in [5, 5.41) is 0. The molecule has 0 N–H and O–H groups in total. The predicted molar refractivity (Wildman–Crippen MR) is 78.2 cm³/mol. The van der Waals surface area contributed by atoms with Crippen LogP contribution in [0.15, 0.2) is 0 Å². The number of carbonyl (C=O) groups excluding carboxylic acids is 1. The van der Waals surface area contributed by atoms with E-state index in [2.05, 4.69) is 6.92 Å². The monoisotopic (exact) mass is 266 g/mol. The molecule has 2 saturated carbocycles. The van der Waals surface area contributed by atoms with E-state index in [0.717, 1.165) is 25.7 Å². The number of rotatable bonds is 1. The van der Waals surface area contributed by atoms with Crippen LogP contribution in [0, 0.1) is 11.3 Å². The fourth-order valence-electron chi connectivity index (χ4n) is 4.10. The second-order valence-corrected chi connectivity index (χ2v) is 6.85. The molecular weight excluding hydrogens is 236 g/mol. The van der Waals surface area contributed by atoms with Crippen LogP contribution in [0.5, 0.6) is 0 Å². The first-order chi connectivity index (χ1) is 9.16. The van der Waals surface area contributed by atoms with E-state index < -0.39 is 0 Å². The van der Waals surface area contributed by atoms with Crippen molar-refractivity contribution in [1.29, 1.82) is 0 Å². The number of methoxy groups -OCH3 is 1. The molecule has 0 aliphatic heterocycles. The molecule has 2 aliphatic carbocycles. The van der Waals surface area contributed by atoms with Gasteiger partial charge in [-0.05, 0) is 31.6 Å². The van der Waals surface area contributed by atoms with Gasteiger partial charge < -0.3 is 4.74 Å². The molecule has 2 nitrogen and oxygen atoms in total. The third kappa shape index (κ3) is 3.59. The number of ketones is 1. The number of hydrogen-bond donors (Lipinski definition) is 0. The number of fused-ring (bicyclic) bond motifs is 1. The largest absolute Gasteiger partial charge is 0.381 e. The zero-order valence-electron chi connectivity index (χ0n) is 12.7. The molecule has 2 rings (SSSR count). The summed E-state index contributed by atoms with van der Waals surface area (Å²) >= 11 is 0. The van der Waals surface area contributed by atoms with E-state index >= 15 is 0 Å². The van der Waals surface area contributed by atoms with Crippen LogP contribution in [0.25, 0.3) is 0 Å². The van der Waals surface area contributed by atoms with Crippen molar-refractivity contribution in [2.45, 2.75) is 83.7 Å². The van der Waals surface area contributed by atoms with Crippen molar-refractivity contribution in [2.75, 3.05) is 7.11 Å². The molecule has 2 aliphatic rings. The Balaban J connectivity index is 2.05. The SMILES string of the molecule is COC1C[C@H]2CCCCCCCCCC(=O)[C@@]2(C)C1. The number of ether oxygens (including phenoxy) is 1. The van der Waals surface area contributed by atoms with Crippen LogP contribution in [0.4, 0.5) is 0 Å². The van der Waals surface area contributed by atoms with E-state index in [1.807, 2.05) is 0 Å². The average molecular weight is 266 g/mol. The van der Waals surface area contributed by atoms with Crippen molar-refractivity contribution in [1.82, 2.24) is 0 Å². The summed E-state index contributed by atoms with van der Waals surface area (Å²) in [6, 6.07) is 0. The van der Waals surface area contributed by atoms with Crippen LogP contribution >= 0.6 is 0 Å². The number of carbonyl (C=O) groups is 1. The van der Waals surface area contributed by atoms with Gasteiger partial charge >= 0.3 is 0 Å². The predicted octanol–water partition coefficient (Wildman–Crippen LogP) is 4.51. The van der Waals surface area contributed by atoms with Gasteiger partial charge in [-0.2, -0.15) is 0 Å². The Bertz CT molecular complexity index is 300. The summed E-state index contributed by atoms with van der Waals surface area (Å²) in [6.07, 6.45) is 13.4. The van der Waals surface area contributed by atoms with E-state index in [1.54, 1.807) is 7.11 Å². The Labute approximate surface area is 118 Å². The van der Waals surface area contributed by atoms with Gasteiger partial charge in [0.2, 0.25) is 0 Å². The van der Waals surface area contributed by atoms with Crippen molar-refractivity contribution in [3.8, 4) is 0 Å². The maximum absolute atomic E-state index is 12.6. The fourth-order valence-corrected chi connectivity index (χ4v) is 4.10. The molecule has 0 bridgehead atoms. The van der Waals surface area contributed by atoms with Crippen LogP contribution in [0.3, 0.4) is 0 Å². The van der Waals surface area contributed by atoms with Gasteiger partial charge in [0.05, 0.1) is 6.10 Å². The smallest absolute Gasteiger partial charge is 0.139 e. The lowest BCUT2D eigenvalue weighted by molar-refractivity contribution is -0.130. The molecule has 2 heteroatoms. The van der Waals surface area contributed by atoms with Gasteiger partial charge in [-0.1, -0.05) is 45.4 Å². The number of hydrogen-bond acceptors (Lipinski definition) is 2. The summed E-state index contributed by atoms with van der Waals surface area (Å²) < 4.78 is 5.56. The minimum Gasteiger partial charge on any atom is -0.381 e. The molecule has 1 unspecified atom stereocenters. The van der Waals surface area contributed by atoms with Crippen molar-refractivity contribution in [3.05, 3.63) is 0 Å². The van der Waals surface area contributed by atoms with Crippen molar-refractivity contribution >= 4 is 5.78 Å². The second kappa shape index (κ2) is 6.88. The summed E-state index contributed by atoms with van der Waals surface area (Å²) in [4.78, 5) is 12.6. The lowest BCUT2D eigenvalue weighted by Gasteiger charge is -2.30. The molecule has 0 saturated heterocycles. The molecule has 0 aromatic rings. The fraction of sp³-hybridized carbons (Fsp3) is 0.941. The summed E-state index contributed by atoms with van der Waals surface area (Å²) in [5.41, 5.74) is -0.0973. The third-order valence-electron chi connectivity index (χ3n) is 5.53. The van der Waals surface area contributed by atoms with E-state index in [-0.39, 0.29) is 5.41 Å². The first-order valence-corrected chi connectivity index (χ1v) is 8.23. The highest BCUT2D eigenvalue weighted by molar-refractivity contribution is 5.85. The molecule has 0 heterocycles. The molecule has 0 spiro atoms. The molecule has 2 fully saturated rings. The van der Waals surface area contributed by atoms with Crippen LogP contribution in [0.1, 0.15) is 77.6 Å². The summed E-state index contributed by atoms with van der Waals surface area (Å²) in [7, 11) is 1.80. The highest BCUT2D eigenvalue weighted by atomic mass is 16.5. The molecule has 0 aromatic carbocycles. The maximum atomic E-state index is 12.6. The molecule has 110 valence electrons.